The molecular weight excluding hydrogens is 408 g/mol. The van der Waals surface area contributed by atoms with E-state index < -0.39 is 6.04 Å². The summed E-state index contributed by atoms with van der Waals surface area (Å²) >= 11 is 0.980. The first-order valence-corrected chi connectivity index (χ1v) is 11.4. The summed E-state index contributed by atoms with van der Waals surface area (Å²) in [5, 5.41) is 3.22. The highest BCUT2D eigenvalue weighted by molar-refractivity contribution is 6.99. The van der Waals surface area contributed by atoms with Crippen LogP contribution in [0.25, 0.3) is 0 Å². The number of benzene rings is 2. The molecule has 2 amide bonds. The van der Waals surface area contributed by atoms with Gasteiger partial charge < -0.3 is 5.32 Å². The van der Waals surface area contributed by atoms with Gasteiger partial charge in [0.05, 0.1) is 17.9 Å². The van der Waals surface area contributed by atoms with Crippen LogP contribution in [0, 0.1) is 6.92 Å². The van der Waals surface area contributed by atoms with E-state index in [0.717, 1.165) is 48.5 Å². The Morgan fingerprint density at radius 2 is 1.84 bits per heavy atom. The summed E-state index contributed by atoms with van der Waals surface area (Å²) in [5.74, 6) is -0.511. The molecule has 0 unspecified atom stereocenters. The molecule has 1 aliphatic rings. The molecule has 1 aromatic heterocycles. The second-order valence-electron chi connectivity index (χ2n) is 7.96. The monoisotopic (exact) mass is 434 g/mol. The Hall–Kier alpha value is -3.06. The zero-order chi connectivity index (χ0) is 21.6. The predicted octanol–water partition coefficient (Wildman–Crippen LogP) is 4.68. The van der Waals surface area contributed by atoms with Crippen LogP contribution in [0.15, 0.2) is 60.8 Å². The number of nitrogens with zero attached hydrogens (tertiary/aromatic N) is 3. The number of aromatic nitrogens is 2. The molecule has 1 N–H and O–H groups in total. The van der Waals surface area contributed by atoms with E-state index in [1.807, 2.05) is 61.5 Å². The molecule has 0 spiro atoms. The van der Waals surface area contributed by atoms with Gasteiger partial charge in [0.1, 0.15) is 6.04 Å². The van der Waals surface area contributed by atoms with Gasteiger partial charge in [-0.25, -0.2) is 0 Å². The fraction of sp³-hybridized carbons (Fsp3) is 0.333. The lowest BCUT2D eigenvalue weighted by Gasteiger charge is -2.33. The van der Waals surface area contributed by atoms with Gasteiger partial charge >= 0.3 is 0 Å². The zero-order valence-corrected chi connectivity index (χ0v) is 18.3. The summed E-state index contributed by atoms with van der Waals surface area (Å²) in [7, 11) is 0. The van der Waals surface area contributed by atoms with Crippen LogP contribution in [-0.2, 0) is 4.79 Å². The van der Waals surface area contributed by atoms with Crippen molar-refractivity contribution in [2.24, 2.45) is 0 Å². The van der Waals surface area contributed by atoms with Crippen LogP contribution in [0.1, 0.15) is 59.8 Å². The third kappa shape index (κ3) is 4.99. The topological polar surface area (TPSA) is 75.2 Å². The maximum Gasteiger partial charge on any atom is 0.280 e. The molecule has 2 aromatic carbocycles. The number of hydrogen-bond acceptors (Lipinski definition) is 5. The largest absolute Gasteiger partial charge is 0.351 e. The highest BCUT2D eigenvalue weighted by Gasteiger charge is 2.35. The minimum absolute atomic E-state index is 0.142. The number of hydrogen-bond donors (Lipinski definition) is 1. The molecule has 1 saturated carbocycles. The molecule has 0 bridgehead atoms. The number of carbonyl (C=O) groups is 2. The first kappa shape index (κ1) is 21.2. The molecule has 1 heterocycles. The van der Waals surface area contributed by atoms with Crippen LogP contribution >= 0.6 is 11.7 Å². The van der Waals surface area contributed by atoms with Crippen LogP contribution in [-0.4, -0.2) is 26.6 Å². The van der Waals surface area contributed by atoms with Gasteiger partial charge in [0.25, 0.3) is 5.91 Å². The smallest absolute Gasteiger partial charge is 0.280 e. The Morgan fingerprint density at radius 3 is 2.52 bits per heavy atom. The Bertz CT molecular complexity index is 1020. The third-order valence-electron chi connectivity index (χ3n) is 5.65. The van der Waals surface area contributed by atoms with E-state index in [-0.39, 0.29) is 23.6 Å². The molecule has 0 aliphatic heterocycles. The summed E-state index contributed by atoms with van der Waals surface area (Å²) in [6, 6.07) is 16.4. The average molecular weight is 435 g/mol. The molecule has 4 rings (SSSR count). The number of aryl methyl sites for hydroxylation is 1. The molecule has 31 heavy (non-hydrogen) atoms. The van der Waals surface area contributed by atoms with Crippen molar-refractivity contribution in [1.82, 2.24) is 14.1 Å². The van der Waals surface area contributed by atoms with E-state index in [4.69, 9.17) is 0 Å². The van der Waals surface area contributed by atoms with Gasteiger partial charge in [0.15, 0.2) is 5.69 Å². The summed E-state index contributed by atoms with van der Waals surface area (Å²) in [6.07, 6.45) is 6.84. The Kier molecular flexibility index (Phi) is 6.72. The van der Waals surface area contributed by atoms with Gasteiger partial charge in [-0.15, -0.1) is 0 Å². The molecule has 0 radical (unpaired) electrons. The van der Waals surface area contributed by atoms with Crippen molar-refractivity contribution in [3.8, 4) is 0 Å². The molecule has 1 atom stereocenters. The molecule has 0 saturated heterocycles. The maximum absolute atomic E-state index is 13.6. The van der Waals surface area contributed by atoms with Crippen molar-refractivity contribution in [1.29, 1.82) is 0 Å². The third-order valence-corrected chi connectivity index (χ3v) is 6.13. The first-order valence-electron chi connectivity index (χ1n) is 10.7. The molecule has 160 valence electrons. The number of rotatable bonds is 6. The lowest BCUT2D eigenvalue weighted by molar-refractivity contribution is -0.123. The Labute approximate surface area is 186 Å². The minimum atomic E-state index is -0.806. The normalized spacial score (nSPS) is 15.3. The Morgan fingerprint density at radius 1 is 1.06 bits per heavy atom. The van der Waals surface area contributed by atoms with Crippen LogP contribution in [0.5, 0.6) is 0 Å². The Balaban J connectivity index is 1.77. The van der Waals surface area contributed by atoms with Crippen molar-refractivity contribution in [2.75, 3.05) is 4.90 Å². The first-order chi connectivity index (χ1) is 15.1. The van der Waals surface area contributed by atoms with E-state index in [9.17, 15) is 9.59 Å². The molecule has 1 aliphatic carbocycles. The van der Waals surface area contributed by atoms with Gasteiger partial charge in [0.2, 0.25) is 5.91 Å². The van der Waals surface area contributed by atoms with Crippen molar-refractivity contribution in [3.63, 3.8) is 0 Å². The van der Waals surface area contributed by atoms with E-state index >= 15 is 0 Å². The summed E-state index contributed by atoms with van der Waals surface area (Å²) in [6.45, 7) is 1.97. The molecule has 7 heteroatoms. The number of anilines is 1. The lowest BCUT2D eigenvalue weighted by atomic mass is 9.94. The average Bonchev–Trinajstić information content (AvgIpc) is 3.33. The van der Waals surface area contributed by atoms with Gasteiger partial charge in [-0.1, -0.05) is 61.7 Å². The van der Waals surface area contributed by atoms with Crippen molar-refractivity contribution in [3.05, 3.63) is 77.6 Å². The summed E-state index contributed by atoms with van der Waals surface area (Å²) in [4.78, 5) is 28.8. The van der Waals surface area contributed by atoms with Crippen LogP contribution in [0.2, 0.25) is 0 Å². The number of carbonyl (C=O) groups excluding carboxylic acids is 2. The summed E-state index contributed by atoms with van der Waals surface area (Å²) in [5.41, 5.74) is 2.66. The van der Waals surface area contributed by atoms with Crippen molar-refractivity contribution >= 4 is 29.2 Å². The quantitative estimate of drug-likeness (QED) is 0.611. The minimum Gasteiger partial charge on any atom is -0.351 e. The van der Waals surface area contributed by atoms with Gasteiger partial charge in [-0.05, 0) is 43.0 Å². The fourth-order valence-electron chi connectivity index (χ4n) is 4.12. The highest BCUT2D eigenvalue weighted by Crippen LogP contribution is 2.31. The van der Waals surface area contributed by atoms with E-state index in [1.54, 1.807) is 4.90 Å². The molecular formula is C24H26N4O2S. The van der Waals surface area contributed by atoms with Crippen molar-refractivity contribution in [2.45, 2.75) is 51.1 Å². The standard InChI is InChI=1S/C24H26N4O2S/c1-17-9-8-14-20(15-17)28(24(30)21-16-25-31-27-21)22(18-10-4-2-5-11-18)23(29)26-19-12-6-3-7-13-19/h2,4-5,8-11,14-16,19,22H,3,6-7,12-13H2,1H3,(H,26,29)/t22-/m1/s1. The van der Waals surface area contributed by atoms with Crippen LogP contribution < -0.4 is 10.2 Å². The van der Waals surface area contributed by atoms with Crippen LogP contribution in [0.4, 0.5) is 5.69 Å². The SMILES string of the molecule is Cc1cccc(N(C(=O)c2cnsn2)[C@@H](C(=O)NC2CCCCC2)c2ccccc2)c1. The molecule has 1 fully saturated rings. The molecule has 3 aromatic rings. The predicted molar refractivity (Wildman–Crippen MR) is 122 cm³/mol. The second kappa shape index (κ2) is 9.83. The van der Waals surface area contributed by atoms with E-state index in [1.165, 1.54) is 12.6 Å². The van der Waals surface area contributed by atoms with Gasteiger partial charge in [-0.2, -0.15) is 8.75 Å². The van der Waals surface area contributed by atoms with E-state index in [2.05, 4.69) is 14.1 Å². The van der Waals surface area contributed by atoms with Gasteiger partial charge in [-0.3, -0.25) is 14.5 Å². The zero-order valence-electron chi connectivity index (χ0n) is 17.5. The maximum atomic E-state index is 13.6. The van der Waals surface area contributed by atoms with Crippen LogP contribution in [0.3, 0.4) is 0 Å². The number of amides is 2. The molecule has 6 nitrogen and oxygen atoms in total. The summed E-state index contributed by atoms with van der Waals surface area (Å²) < 4.78 is 8.13. The lowest BCUT2D eigenvalue weighted by Crippen LogP contribution is -2.47. The van der Waals surface area contributed by atoms with Gasteiger partial charge in [0, 0.05) is 11.7 Å². The van der Waals surface area contributed by atoms with Crippen molar-refractivity contribution < 1.29 is 9.59 Å². The highest BCUT2D eigenvalue weighted by atomic mass is 32.1. The van der Waals surface area contributed by atoms with E-state index in [0.29, 0.717) is 5.69 Å². The fourth-order valence-corrected chi connectivity index (χ4v) is 4.53. The second-order valence-corrected chi connectivity index (χ2v) is 8.52. The number of nitrogens with one attached hydrogen (secondary N) is 1.